The van der Waals surface area contributed by atoms with Crippen LogP contribution in [0.15, 0.2) is 0 Å². The van der Waals surface area contributed by atoms with Crippen molar-refractivity contribution in [3.63, 3.8) is 0 Å². The van der Waals surface area contributed by atoms with E-state index in [-0.39, 0.29) is 5.60 Å². The highest BCUT2D eigenvalue weighted by Gasteiger charge is 2.34. The van der Waals surface area contributed by atoms with Gasteiger partial charge in [0.15, 0.2) is 0 Å². The molecule has 0 spiro atoms. The second kappa shape index (κ2) is 8.93. The van der Waals surface area contributed by atoms with Gasteiger partial charge in [-0.3, -0.25) is 0 Å². The Bertz CT molecular complexity index is 217. The van der Waals surface area contributed by atoms with Crippen LogP contribution in [0.2, 0.25) is 0 Å². The molecule has 19 heavy (non-hydrogen) atoms. The van der Waals surface area contributed by atoms with Crippen LogP contribution >= 0.6 is 0 Å². The summed E-state index contributed by atoms with van der Waals surface area (Å²) in [5, 5.41) is 3.47. The van der Waals surface area contributed by atoms with Crippen molar-refractivity contribution in [2.24, 2.45) is 11.8 Å². The van der Waals surface area contributed by atoms with E-state index < -0.39 is 0 Å². The zero-order valence-corrected chi connectivity index (χ0v) is 13.3. The Labute approximate surface area is 119 Å². The quantitative estimate of drug-likeness (QED) is 0.653. The molecule has 0 bridgehead atoms. The van der Waals surface area contributed by atoms with Gasteiger partial charge in [0.05, 0.1) is 18.8 Å². The molecule has 0 amide bonds. The average Bonchev–Trinajstić information content (AvgIpc) is 2.39. The van der Waals surface area contributed by atoms with Gasteiger partial charge in [-0.1, -0.05) is 27.7 Å². The van der Waals surface area contributed by atoms with Gasteiger partial charge in [-0.25, -0.2) is 0 Å². The van der Waals surface area contributed by atoms with Crippen LogP contribution < -0.4 is 5.32 Å². The van der Waals surface area contributed by atoms with E-state index in [0.29, 0.717) is 5.92 Å². The summed E-state index contributed by atoms with van der Waals surface area (Å²) < 4.78 is 11.8. The molecule has 1 fully saturated rings. The molecule has 1 aliphatic carbocycles. The van der Waals surface area contributed by atoms with E-state index in [1.165, 1.54) is 25.7 Å². The first kappa shape index (κ1) is 16.9. The maximum absolute atomic E-state index is 6.22. The highest BCUT2D eigenvalue weighted by Crippen LogP contribution is 2.34. The molecule has 3 heteroatoms. The molecule has 0 radical (unpaired) electrons. The second-order valence-corrected chi connectivity index (χ2v) is 6.46. The Kier molecular flexibility index (Phi) is 7.96. The van der Waals surface area contributed by atoms with Gasteiger partial charge in [-0.05, 0) is 44.1 Å². The molecule has 1 aliphatic rings. The molecule has 3 nitrogen and oxygen atoms in total. The van der Waals surface area contributed by atoms with Crippen LogP contribution in [0.1, 0.15) is 53.4 Å². The lowest BCUT2D eigenvalue weighted by molar-refractivity contribution is -0.0927. The van der Waals surface area contributed by atoms with Crippen molar-refractivity contribution < 1.29 is 9.47 Å². The van der Waals surface area contributed by atoms with Gasteiger partial charge in [0.2, 0.25) is 0 Å². The fraction of sp³-hybridized carbons (Fsp3) is 1.00. The van der Waals surface area contributed by atoms with Crippen molar-refractivity contribution in [2.75, 3.05) is 32.9 Å². The van der Waals surface area contributed by atoms with Crippen LogP contribution in [0.5, 0.6) is 0 Å². The minimum atomic E-state index is 0.0592. The topological polar surface area (TPSA) is 30.5 Å². The van der Waals surface area contributed by atoms with E-state index >= 15 is 0 Å². The summed E-state index contributed by atoms with van der Waals surface area (Å²) in [6, 6.07) is 0. The van der Waals surface area contributed by atoms with Gasteiger partial charge < -0.3 is 14.8 Å². The van der Waals surface area contributed by atoms with E-state index in [4.69, 9.17) is 9.47 Å². The van der Waals surface area contributed by atoms with Gasteiger partial charge in [-0.2, -0.15) is 0 Å². The van der Waals surface area contributed by atoms with Crippen molar-refractivity contribution in [2.45, 2.75) is 59.0 Å². The monoisotopic (exact) mass is 271 g/mol. The highest BCUT2D eigenvalue weighted by molar-refractivity contribution is 4.88. The van der Waals surface area contributed by atoms with Crippen LogP contribution in [-0.2, 0) is 9.47 Å². The normalized spacial score (nSPS) is 27.9. The SMILES string of the molecule is CCNCC1(OCCOCC(C)C)CCC(C)CC1. The fourth-order valence-electron chi connectivity index (χ4n) is 2.65. The summed E-state index contributed by atoms with van der Waals surface area (Å²) in [6.07, 6.45) is 4.95. The molecule has 1 N–H and O–H groups in total. The van der Waals surface area contributed by atoms with E-state index in [0.717, 1.165) is 38.8 Å². The summed E-state index contributed by atoms with van der Waals surface area (Å²) in [6.45, 7) is 13.2. The summed E-state index contributed by atoms with van der Waals surface area (Å²) in [5.74, 6) is 1.46. The summed E-state index contributed by atoms with van der Waals surface area (Å²) in [4.78, 5) is 0. The Morgan fingerprint density at radius 2 is 1.89 bits per heavy atom. The number of likely N-dealkylation sites (N-methyl/N-ethyl adjacent to an activating group) is 1. The van der Waals surface area contributed by atoms with E-state index in [9.17, 15) is 0 Å². The van der Waals surface area contributed by atoms with Crippen molar-refractivity contribution in [1.29, 1.82) is 0 Å². The van der Waals surface area contributed by atoms with Gasteiger partial charge >= 0.3 is 0 Å². The molecular weight excluding hydrogens is 238 g/mol. The maximum atomic E-state index is 6.22. The number of hydrogen-bond acceptors (Lipinski definition) is 3. The van der Waals surface area contributed by atoms with Crippen molar-refractivity contribution in [3.05, 3.63) is 0 Å². The summed E-state index contributed by atoms with van der Waals surface area (Å²) in [7, 11) is 0. The predicted molar refractivity (Wildman–Crippen MR) is 80.5 cm³/mol. The van der Waals surface area contributed by atoms with Gasteiger partial charge in [0.25, 0.3) is 0 Å². The predicted octanol–water partition coefficient (Wildman–Crippen LogP) is 3.23. The van der Waals surface area contributed by atoms with Crippen LogP contribution in [-0.4, -0.2) is 38.5 Å². The molecule has 0 saturated heterocycles. The van der Waals surface area contributed by atoms with Crippen LogP contribution in [0.25, 0.3) is 0 Å². The first-order valence-corrected chi connectivity index (χ1v) is 8.00. The van der Waals surface area contributed by atoms with Crippen molar-refractivity contribution in [1.82, 2.24) is 5.32 Å². The number of rotatable bonds is 9. The zero-order chi connectivity index (χ0) is 14.1. The second-order valence-electron chi connectivity index (χ2n) is 6.46. The fourth-order valence-corrected chi connectivity index (χ4v) is 2.65. The van der Waals surface area contributed by atoms with E-state index in [1.54, 1.807) is 0 Å². The number of ether oxygens (including phenoxy) is 2. The standard InChI is InChI=1S/C16H33NO2/c1-5-17-13-16(8-6-15(4)7-9-16)19-11-10-18-12-14(2)3/h14-15,17H,5-13H2,1-4H3. The number of hydrogen-bond donors (Lipinski definition) is 1. The van der Waals surface area contributed by atoms with E-state index in [2.05, 4.69) is 33.0 Å². The Morgan fingerprint density at radius 3 is 2.47 bits per heavy atom. The third kappa shape index (κ3) is 6.73. The molecule has 1 saturated carbocycles. The van der Waals surface area contributed by atoms with E-state index in [1.807, 2.05) is 0 Å². The lowest BCUT2D eigenvalue weighted by Crippen LogP contribution is -2.46. The number of nitrogens with one attached hydrogen (secondary N) is 1. The van der Waals surface area contributed by atoms with Gasteiger partial charge in [0, 0.05) is 13.2 Å². The third-order valence-electron chi connectivity index (χ3n) is 3.97. The van der Waals surface area contributed by atoms with Gasteiger partial charge in [0.1, 0.15) is 0 Å². The largest absolute Gasteiger partial charge is 0.379 e. The summed E-state index contributed by atoms with van der Waals surface area (Å²) >= 11 is 0. The molecule has 0 heterocycles. The van der Waals surface area contributed by atoms with Gasteiger partial charge in [-0.15, -0.1) is 0 Å². The molecular formula is C16H33NO2. The third-order valence-corrected chi connectivity index (χ3v) is 3.97. The average molecular weight is 271 g/mol. The first-order chi connectivity index (χ1) is 9.08. The lowest BCUT2D eigenvalue weighted by Gasteiger charge is -2.39. The minimum absolute atomic E-state index is 0.0592. The van der Waals surface area contributed by atoms with Crippen LogP contribution in [0.4, 0.5) is 0 Å². The molecule has 114 valence electrons. The Hall–Kier alpha value is -0.120. The lowest BCUT2D eigenvalue weighted by atomic mass is 9.79. The molecule has 0 atom stereocenters. The first-order valence-electron chi connectivity index (χ1n) is 8.00. The molecule has 1 rings (SSSR count). The molecule has 0 aromatic rings. The van der Waals surface area contributed by atoms with Crippen LogP contribution in [0.3, 0.4) is 0 Å². The summed E-state index contributed by atoms with van der Waals surface area (Å²) in [5.41, 5.74) is 0.0592. The Morgan fingerprint density at radius 1 is 1.21 bits per heavy atom. The Balaban J connectivity index is 2.29. The maximum Gasteiger partial charge on any atom is 0.0807 e. The molecule has 0 aromatic heterocycles. The van der Waals surface area contributed by atoms with Crippen molar-refractivity contribution in [3.8, 4) is 0 Å². The van der Waals surface area contributed by atoms with Crippen molar-refractivity contribution >= 4 is 0 Å². The minimum Gasteiger partial charge on any atom is -0.379 e. The molecule has 0 unspecified atom stereocenters. The zero-order valence-electron chi connectivity index (χ0n) is 13.3. The smallest absolute Gasteiger partial charge is 0.0807 e. The van der Waals surface area contributed by atoms with Crippen LogP contribution in [0, 0.1) is 11.8 Å². The molecule has 0 aromatic carbocycles. The molecule has 0 aliphatic heterocycles. The highest BCUT2D eigenvalue weighted by atomic mass is 16.5.